The third-order valence-electron chi connectivity index (χ3n) is 2.80. The predicted molar refractivity (Wildman–Crippen MR) is 59.1 cm³/mol. The van der Waals surface area contributed by atoms with Crippen molar-refractivity contribution in [1.29, 1.82) is 0 Å². The molecule has 1 aromatic rings. The molecule has 0 amide bonds. The number of hydrogen-bond donors (Lipinski definition) is 0. The number of rotatable bonds is 0. The number of benzene rings is 1. The highest BCUT2D eigenvalue weighted by molar-refractivity contribution is 5.92. The average molecular weight is 204 g/mol. The summed E-state index contributed by atoms with van der Waals surface area (Å²) < 4.78 is 5.03. The van der Waals surface area contributed by atoms with E-state index >= 15 is 0 Å². The fourth-order valence-corrected chi connectivity index (χ4v) is 1.78. The second-order valence-corrected chi connectivity index (χ2v) is 5.01. The maximum atomic E-state index is 11.5. The molecule has 0 fully saturated rings. The number of cyclic esters (lactones) is 1. The highest BCUT2D eigenvalue weighted by Gasteiger charge is 2.21. The van der Waals surface area contributed by atoms with Gasteiger partial charge in [-0.3, -0.25) is 0 Å². The molecule has 15 heavy (non-hydrogen) atoms. The van der Waals surface area contributed by atoms with Crippen LogP contribution in [-0.2, 0) is 16.6 Å². The van der Waals surface area contributed by atoms with Gasteiger partial charge < -0.3 is 4.74 Å². The second-order valence-electron chi connectivity index (χ2n) is 5.01. The lowest BCUT2D eigenvalue weighted by Crippen LogP contribution is -2.20. The third-order valence-corrected chi connectivity index (χ3v) is 2.80. The molecule has 0 saturated heterocycles. The fourth-order valence-electron chi connectivity index (χ4n) is 1.78. The summed E-state index contributed by atoms with van der Waals surface area (Å²) in [6, 6.07) is 6.13. The van der Waals surface area contributed by atoms with E-state index in [1.54, 1.807) is 0 Å². The van der Waals surface area contributed by atoms with E-state index in [1.807, 2.05) is 6.07 Å². The normalized spacial score (nSPS) is 15.8. The molecule has 0 aromatic heterocycles. The van der Waals surface area contributed by atoms with E-state index in [2.05, 4.69) is 32.9 Å². The third kappa shape index (κ3) is 1.89. The molecule has 1 aliphatic rings. The molecule has 0 atom stereocenters. The minimum Gasteiger partial charge on any atom is -0.462 e. The van der Waals surface area contributed by atoms with Crippen molar-refractivity contribution in [2.24, 2.45) is 0 Å². The summed E-state index contributed by atoms with van der Waals surface area (Å²) in [6.07, 6.45) is 0.839. The van der Waals surface area contributed by atoms with E-state index in [-0.39, 0.29) is 11.4 Å². The Hall–Kier alpha value is -1.31. The number of carbonyl (C=O) groups excluding carboxylic acids is 1. The Morgan fingerprint density at radius 3 is 2.67 bits per heavy atom. The van der Waals surface area contributed by atoms with Crippen LogP contribution in [0.2, 0.25) is 0 Å². The van der Waals surface area contributed by atoms with Gasteiger partial charge in [0, 0.05) is 6.42 Å². The summed E-state index contributed by atoms with van der Waals surface area (Å²) in [6.45, 7) is 6.94. The summed E-state index contributed by atoms with van der Waals surface area (Å²) in [4.78, 5) is 11.5. The Bertz CT molecular complexity index is 399. The number of hydrogen-bond acceptors (Lipinski definition) is 2. The smallest absolute Gasteiger partial charge is 0.338 e. The average Bonchev–Trinajstić information content (AvgIpc) is 2.16. The summed E-state index contributed by atoms with van der Waals surface area (Å²) in [5.41, 5.74) is 3.11. The van der Waals surface area contributed by atoms with Crippen LogP contribution in [0.4, 0.5) is 0 Å². The molecule has 1 aliphatic heterocycles. The zero-order valence-corrected chi connectivity index (χ0v) is 9.46. The van der Waals surface area contributed by atoms with Crippen LogP contribution in [0.1, 0.15) is 42.3 Å². The van der Waals surface area contributed by atoms with Crippen molar-refractivity contribution in [2.45, 2.75) is 32.6 Å². The van der Waals surface area contributed by atoms with Gasteiger partial charge in [0.25, 0.3) is 0 Å². The first-order chi connectivity index (χ1) is 6.98. The molecule has 0 unspecified atom stereocenters. The van der Waals surface area contributed by atoms with Crippen molar-refractivity contribution >= 4 is 5.97 Å². The molecule has 2 nitrogen and oxygen atoms in total. The van der Waals surface area contributed by atoms with E-state index in [4.69, 9.17) is 4.74 Å². The van der Waals surface area contributed by atoms with E-state index in [9.17, 15) is 4.79 Å². The molecular weight excluding hydrogens is 188 g/mol. The second kappa shape index (κ2) is 3.37. The van der Waals surface area contributed by atoms with Gasteiger partial charge >= 0.3 is 5.97 Å². The topological polar surface area (TPSA) is 26.3 Å². The molecule has 1 heterocycles. The molecule has 0 aliphatic carbocycles. The Morgan fingerprint density at radius 1 is 1.27 bits per heavy atom. The van der Waals surface area contributed by atoms with Gasteiger partial charge in [-0.2, -0.15) is 0 Å². The van der Waals surface area contributed by atoms with Gasteiger partial charge in [-0.05, 0) is 22.6 Å². The number of esters is 1. The molecule has 80 valence electrons. The SMILES string of the molecule is CC(C)(C)c1ccc2c(c1)C(=O)OCC2. The van der Waals surface area contributed by atoms with Crippen LogP contribution in [-0.4, -0.2) is 12.6 Å². The minimum absolute atomic E-state index is 0.0761. The Kier molecular flexibility index (Phi) is 2.29. The van der Waals surface area contributed by atoms with Crippen LogP contribution in [0.15, 0.2) is 18.2 Å². The van der Waals surface area contributed by atoms with Crippen LogP contribution in [0.5, 0.6) is 0 Å². The summed E-state index contributed by atoms with van der Waals surface area (Å²) in [5.74, 6) is -0.178. The van der Waals surface area contributed by atoms with Gasteiger partial charge in [0.2, 0.25) is 0 Å². The lowest BCUT2D eigenvalue weighted by Gasteiger charge is -2.22. The standard InChI is InChI=1S/C13H16O2/c1-13(2,3)10-5-4-9-6-7-15-12(14)11(9)8-10/h4-5,8H,6-7H2,1-3H3. The van der Waals surface area contributed by atoms with Gasteiger partial charge in [-0.25, -0.2) is 4.79 Å². The van der Waals surface area contributed by atoms with Gasteiger partial charge in [-0.15, -0.1) is 0 Å². The van der Waals surface area contributed by atoms with Crippen molar-refractivity contribution in [3.05, 3.63) is 34.9 Å². The highest BCUT2D eigenvalue weighted by Crippen LogP contribution is 2.26. The summed E-state index contributed by atoms with van der Waals surface area (Å²) in [7, 11) is 0. The van der Waals surface area contributed by atoms with Crippen LogP contribution in [0.3, 0.4) is 0 Å². The quantitative estimate of drug-likeness (QED) is 0.607. The van der Waals surface area contributed by atoms with Crippen molar-refractivity contribution < 1.29 is 9.53 Å². The Balaban J connectivity index is 2.49. The first-order valence-corrected chi connectivity index (χ1v) is 5.29. The summed E-state index contributed by atoms with van der Waals surface area (Å²) in [5, 5.41) is 0. The van der Waals surface area contributed by atoms with Crippen molar-refractivity contribution in [3.8, 4) is 0 Å². The van der Waals surface area contributed by atoms with E-state index in [0.717, 1.165) is 17.5 Å². The van der Waals surface area contributed by atoms with Gasteiger partial charge in [0.15, 0.2) is 0 Å². The van der Waals surface area contributed by atoms with Crippen molar-refractivity contribution in [1.82, 2.24) is 0 Å². The lowest BCUT2D eigenvalue weighted by atomic mass is 9.84. The zero-order chi connectivity index (χ0) is 11.1. The molecule has 2 heteroatoms. The highest BCUT2D eigenvalue weighted by atomic mass is 16.5. The lowest BCUT2D eigenvalue weighted by molar-refractivity contribution is 0.0480. The van der Waals surface area contributed by atoms with Crippen LogP contribution in [0, 0.1) is 0 Å². The Morgan fingerprint density at radius 2 is 2.00 bits per heavy atom. The van der Waals surface area contributed by atoms with Crippen molar-refractivity contribution in [3.63, 3.8) is 0 Å². The Labute approximate surface area is 90.3 Å². The number of ether oxygens (including phenoxy) is 1. The monoisotopic (exact) mass is 204 g/mol. The zero-order valence-electron chi connectivity index (χ0n) is 9.46. The molecular formula is C13H16O2. The first kappa shape index (κ1) is 10.2. The molecule has 1 aromatic carbocycles. The molecule has 0 radical (unpaired) electrons. The fraction of sp³-hybridized carbons (Fsp3) is 0.462. The molecule has 0 N–H and O–H groups in total. The van der Waals surface area contributed by atoms with E-state index < -0.39 is 0 Å². The first-order valence-electron chi connectivity index (χ1n) is 5.29. The maximum absolute atomic E-state index is 11.5. The minimum atomic E-state index is -0.178. The van der Waals surface area contributed by atoms with Gasteiger partial charge in [0.1, 0.15) is 0 Å². The molecule has 0 bridgehead atoms. The predicted octanol–water partition coefficient (Wildman–Crippen LogP) is 2.70. The van der Waals surface area contributed by atoms with E-state index in [0.29, 0.717) is 6.61 Å². The largest absolute Gasteiger partial charge is 0.462 e. The molecule has 0 spiro atoms. The molecule has 0 saturated carbocycles. The van der Waals surface area contributed by atoms with Gasteiger partial charge in [0.05, 0.1) is 12.2 Å². The van der Waals surface area contributed by atoms with E-state index in [1.165, 1.54) is 5.56 Å². The molecule has 2 rings (SSSR count). The van der Waals surface area contributed by atoms with Crippen molar-refractivity contribution in [2.75, 3.05) is 6.61 Å². The number of fused-ring (bicyclic) bond motifs is 1. The van der Waals surface area contributed by atoms with Crippen LogP contribution >= 0.6 is 0 Å². The maximum Gasteiger partial charge on any atom is 0.338 e. The van der Waals surface area contributed by atoms with Crippen LogP contribution in [0.25, 0.3) is 0 Å². The summed E-state index contributed by atoms with van der Waals surface area (Å²) >= 11 is 0. The van der Waals surface area contributed by atoms with Gasteiger partial charge in [-0.1, -0.05) is 32.9 Å². The van der Waals surface area contributed by atoms with Crippen LogP contribution < -0.4 is 0 Å². The number of carbonyl (C=O) groups is 1.